The fourth-order valence-electron chi connectivity index (χ4n) is 3.21. The number of thiazole rings is 1. The first-order valence-corrected chi connectivity index (χ1v) is 10.2. The third kappa shape index (κ3) is 4.44. The number of carbonyl (C=O) groups excluding carboxylic acids is 1. The molecule has 152 valence electrons. The number of hydrogen-bond donors (Lipinski definition) is 0. The number of aromatic nitrogens is 1. The molecule has 3 heterocycles. The maximum absolute atomic E-state index is 13.1. The van der Waals surface area contributed by atoms with Crippen molar-refractivity contribution in [3.63, 3.8) is 0 Å². The van der Waals surface area contributed by atoms with Gasteiger partial charge in [-0.25, -0.2) is 4.98 Å². The van der Waals surface area contributed by atoms with E-state index in [2.05, 4.69) is 9.88 Å². The number of para-hydroxylation sites is 1. The lowest BCUT2D eigenvalue weighted by Crippen LogP contribution is -2.39. The molecule has 9 nitrogen and oxygen atoms in total. The fourth-order valence-corrected chi connectivity index (χ4v) is 4.20. The average Bonchev–Trinajstić information content (AvgIpc) is 3.39. The highest BCUT2D eigenvalue weighted by Gasteiger charge is 2.26. The molecule has 0 atom stereocenters. The number of nitro groups is 1. The van der Waals surface area contributed by atoms with E-state index in [9.17, 15) is 14.9 Å². The molecule has 1 fully saturated rings. The Morgan fingerprint density at radius 1 is 1.24 bits per heavy atom. The van der Waals surface area contributed by atoms with E-state index in [0.29, 0.717) is 11.7 Å². The lowest BCUT2D eigenvalue weighted by Gasteiger charge is -2.27. The van der Waals surface area contributed by atoms with Gasteiger partial charge in [-0.15, -0.1) is 0 Å². The summed E-state index contributed by atoms with van der Waals surface area (Å²) in [4.78, 5) is 31.8. The minimum atomic E-state index is -0.656. The monoisotopic (exact) mass is 416 g/mol. The number of hydrogen-bond acceptors (Lipinski definition) is 8. The Hall–Kier alpha value is -2.82. The van der Waals surface area contributed by atoms with E-state index in [1.807, 2.05) is 24.3 Å². The van der Waals surface area contributed by atoms with Crippen LogP contribution in [0.2, 0.25) is 0 Å². The standard InChI is InChI=1S/C19H20N4O5S/c24-18(15-6-7-17(28-15)23(25)26)22(9-3-8-21-10-12-27-13-11-21)19-20-14-4-1-2-5-16(14)29-19/h1-2,4-7H,3,8-13H2. The maximum atomic E-state index is 13.1. The van der Waals surface area contributed by atoms with E-state index in [0.717, 1.165) is 49.5 Å². The normalized spacial score (nSPS) is 14.9. The number of furan rings is 1. The number of nitrogens with zero attached hydrogens (tertiary/aromatic N) is 4. The van der Waals surface area contributed by atoms with Gasteiger partial charge < -0.3 is 9.15 Å². The van der Waals surface area contributed by atoms with Crippen molar-refractivity contribution >= 4 is 38.5 Å². The first-order chi connectivity index (χ1) is 14.1. The largest absolute Gasteiger partial charge is 0.433 e. The van der Waals surface area contributed by atoms with E-state index in [1.165, 1.54) is 23.5 Å². The van der Waals surface area contributed by atoms with E-state index in [-0.39, 0.29) is 5.76 Å². The molecule has 0 N–H and O–H groups in total. The van der Waals surface area contributed by atoms with Crippen molar-refractivity contribution in [3.8, 4) is 0 Å². The number of carbonyl (C=O) groups is 1. The summed E-state index contributed by atoms with van der Waals surface area (Å²) in [5.74, 6) is -0.952. The topological polar surface area (TPSA) is 102 Å². The zero-order valence-electron chi connectivity index (χ0n) is 15.7. The van der Waals surface area contributed by atoms with Crippen molar-refractivity contribution in [1.29, 1.82) is 0 Å². The molecule has 10 heteroatoms. The van der Waals surface area contributed by atoms with Crippen molar-refractivity contribution in [3.05, 3.63) is 52.3 Å². The average molecular weight is 416 g/mol. The molecule has 0 aliphatic carbocycles. The van der Waals surface area contributed by atoms with Crippen molar-refractivity contribution in [1.82, 2.24) is 9.88 Å². The molecular formula is C19H20N4O5S. The van der Waals surface area contributed by atoms with E-state index in [4.69, 9.17) is 9.15 Å². The quantitative estimate of drug-likeness (QED) is 0.431. The second kappa shape index (κ2) is 8.68. The summed E-state index contributed by atoms with van der Waals surface area (Å²) >= 11 is 1.41. The Labute approximate surface area is 170 Å². The summed E-state index contributed by atoms with van der Waals surface area (Å²) in [7, 11) is 0. The van der Waals surface area contributed by atoms with Gasteiger partial charge in [0.15, 0.2) is 10.9 Å². The third-order valence-corrected chi connectivity index (χ3v) is 5.76. The van der Waals surface area contributed by atoms with Crippen LogP contribution in [0.4, 0.5) is 11.0 Å². The fraction of sp³-hybridized carbons (Fsp3) is 0.368. The lowest BCUT2D eigenvalue weighted by molar-refractivity contribution is -0.402. The van der Waals surface area contributed by atoms with Gasteiger partial charge in [0, 0.05) is 26.2 Å². The number of morpholine rings is 1. The second-order valence-corrected chi connectivity index (χ2v) is 7.63. The molecule has 3 aromatic rings. The molecular weight excluding hydrogens is 396 g/mol. The third-order valence-electron chi connectivity index (χ3n) is 4.70. The van der Waals surface area contributed by atoms with Crippen LogP contribution in [0.25, 0.3) is 10.2 Å². The van der Waals surface area contributed by atoms with Gasteiger partial charge in [-0.3, -0.25) is 24.7 Å². The summed E-state index contributed by atoms with van der Waals surface area (Å²) in [6.45, 7) is 4.45. The minimum absolute atomic E-state index is 0.0673. The van der Waals surface area contributed by atoms with Gasteiger partial charge in [-0.05, 0) is 24.6 Å². The Kier molecular flexibility index (Phi) is 5.84. The molecule has 1 amide bonds. The number of rotatable bonds is 7. The van der Waals surface area contributed by atoms with Crippen molar-refractivity contribution in [2.24, 2.45) is 0 Å². The summed E-state index contributed by atoms with van der Waals surface area (Å²) < 4.78 is 11.5. The molecule has 0 spiro atoms. The highest BCUT2D eigenvalue weighted by Crippen LogP contribution is 2.30. The van der Waals surface area contributed by atoms with Crippen LogP contribution in [0.1, 0.15) is 17.0 Å². The van der Waals surface area contributed by atoms with Gasteiger partial charge in [0.05, 0.1) is 29.5 Å². The molecule has 1 aliphatic rings. The van der Waals surface area contributed by atoms with Crippen LogP contribution in [0.3, 0.4) is 0 Å². The van der Waals surface area contributed by atoms with Crippen LogP contribution in [-0.2, 0) is 4.74 Å². The smallest absolute Gasteiger partial charge is 0.395 e. The first-order valence-electron chi connectivity index (χ1n) is 9.33. The van der Waals surface area contributed by atoms with Gasteiger partial charge in [0.1, 0.15) is 4.92 Å². The minimum Gasteiger partial charge on any atom is -0.395 e. The number of ether oxygens (including phenoxy) is 1. The highest BCUT2D eigenvalue weighted by atomic mass is 32.1. The van der Waals surface area contributed by atoms with E-state index >= 15 is 0 Å². The van der Waals surface area contributed by atoms with Crippen molar-refractivity contribution in [2.75, 3.05) is 44.3 Å². The summed E-state index contributed by atoms with van der Waals surface area (Å²) in [5, 5.41) is 11.5. The van der Waals surface area contributed by atoms with Gasteiger partial charge >= 0.3 is 5.88 Å². The van der Waals surface area contributed by atoms with Crippen LogP contribution in [0.15, 0.2) is 40.8 Å². The number of amides is 1. The van der Waals surface area contributed by atoms with Crippen LogP contribution in [0.5, 0.6) is 0 Å². The molecule has 1 aromatic carbocycles. The Balaban J connectivity index is 1.55. The molecule has 1 aliphatic heterocycles. The number of benzene rings is 1. The molecule has 29 heavy (non-hydrogen) atoms. The molecule has 0 unspecified atom stereocenters. The van der Waals surface area contributed by atoms with E-state index in [1.54, 1.807) is 4.90 Å². The molecule has 1 saturated heterocycles. The van der Waals surface area contributed by atoms with Crippen LogP contribution in [0, 0.1) is 10.1 Å². The zero-order chi connectivity index (χ0) is 20.2. The molecule has 4 rings (SSSR count). The van der Waals surface area contributed by atoms with Gasteiger partial charge in [-0.1, -0.05) is 23.5 Å². The van der Waals surface area contributed by atoms with E-state index < -0.39 is 16.7 Å². The summed E-state index contributed by atoms with van der Waals surface area (Å²) in [5.41, 5.74) is 0.809. The molecule has 2 aromatic heterocycles. The number of fused-ring (bicyclic) bond motifs is 1. The Morgan fingerprint density at radius 3 is 2.76 bits per heavy atom. The van der Waals surface area contributed by atoms with Crippen LogP contribution >= 0.6 is 11.3 Å². The Morgan fingerprint density at radius 2 is 2.03 bits per heavy atom. The Bertz CT molecular complexity index is 978. The summed E-state index contributed by atoms with van der Waals surface area (Å²) in [6, 6.07) is 10.2. The van der Waals surface area contributed by atoms with Gasteiger partial charge in [-0.2, -0.15) is 0 Å². The second-order valence-electron chi connectivity index (χ2n) is 6.62. The lowest BCUT2D eigenvalue weighted by atomic mass is 10.3. The maximum Gasteiger partial charge on any atom is 0.433 e. The van der Waals surface area contributed by atoms with Crippen molar-refractivity contribution < 1.29 is 18.9 Å². The summed E-state index contributed by atoms with van der Waals surface area (Å²) in [6.07, 6.45) is 0.741. The predicted octanol–water partition coefficient (Wildman–Crippen LogP) is 3.17. The highest BCUT2D eigenvalue weighted by molar-refractivity contribution is 7.22. The van der Waals surface area contributed by atoms with Gasteiger partial charge in [0.25, 0.3) is 5.91 Å². The van der Waals surface area contributed by atoms with Gasteiger partial charge in [0.2, 0.25) is 0 Å². The molecule has 0 bridgehead atoms. The predicted molar refractivity (Wildman–Crippen MR) is 109 cm³/mol. The van der Waals surface area contributed by atoms with Crippen LogP contribution < -0.4 is 4.90 Å². The molecule has 0 radical (unpaired) electrons. The van der Waals surface area contributed by atoms with Crippen LogP contribution in [-0.4, -0.2) is 60.1 Å². The SMILES string of the molecule is O=C(c1ccc([N+](=O)[O-])o1)N(CCCN1CCOCC1)c1nc2ccccc2s1. The number of anilines is 1. The van der Waals surface area contributed by atoms with Crippen molar-refractivity contribution in [2.45, 2.75) is 6.42 Å². The first kappa shape index (κ1) is 19.5. The zero-order valence-corrected chi connectivity index (χ0v) is 16.5. The molecule has 0 saturated carbocycles.